The first-order valence-electron chi connectivity index (χ1n) is 3.98. The molecule has 0 bridgehead atoms. The second-order valence-corrected chi connectivity index (χ2v) is 4.76. The highest BCUT2D eigenvalue weighted by atomic mass is 35.5. The molecule has 1 rings (SSSR count). The SMILES string of the molecule is CSCCN(C)c1nc(CCl)cs1. The molecule has 1 aromatic rings. The Bertz CT molecular complexity index is 252. The molecule has 0 atom stereocenters. The van der Waals surface area contributed by atoms with E-state index in [1.165, 1.54) is 0 Å². The van der Waals surface area contributed by atoms with Gasteiger partial charge in [-0.25, -0.2) is 4.98 Å². The summed E-state index contributed by atoms with van der Waals surface area (Å²) in [4.78, 5) is 6.55. The number of hydrogen-bond acceptors (Lipinski definition) is 4. The van der Waals surface area contributed by atoms with Gasteiger partial charge in [0.05, 0.1) is 11.6 Å². The van der Waals surface area contributed by atoms with Gasteiger partial charge in [-0.05, 0) is 6.26 Å². The lowest BCUT2D eigenvalue weighted by molar-refractivity contribution is 0.960. The predicted molar refractivity (Wildman–Crippen MR) is 63.3 cm³/mol. The van der Waals surface area contributed by atoms with Gasteiger partial charge in [-0.1, -0.05) is 0 Å². The van der Waals surface area contributed by atoms with Crippen LogP contribution < -0.4 is 4.90 Å². The van der Waals surface area contributed by atoms with E-state index in [-0.39, 0.29) is 0 Å². The summed E-state index contributed by atoms with van der Waals surface area (Å²) in [6, 6.07) is 0. The molecule has 0 aliphatic rings. The maximum atomic E-state index is 5.67. The molecule has 0 fully saturated rings. The number of hydrogen-bond donors (Lipinski definition) is 0. The average Bonchev–Trinajstić information content (AvgIpc) is 2.62. The molecular weight excluding hydrogens is 224 g/mol. The minimum atomic E-state index is 0.507. The Morgan fingerprint density at radius 2 is 2.46 bits per heavy atom. The highest BCUT2D eigenvalue weighted by Gasteiger charge is 2.05. The molecule has 0 radical (unpaired) electrons. The predicted octanol–water partition coefficient (Wildman–Crippen LogP) is 2.68. The molecule has 1 heterocycles. The lowest BCUT2D eigenvalue weighted by Gasteiger charge is -2.14. The van der Waals surface area contributed by atoms with E-state index < -0.39 is 0 Å². The van der Waals surface area contributed by atoms with Crippen LogP contribution in [-0.4, -0.2) is 30.6 Å². The van der Waals surface area contributed by atoms with Crippen LogP contribution in [0, 0.1) is 0 Å². The van der Waals surface area contributed by atoms with E-state index in [0.29, 0.717) is 5.88 Å². The summed E-state index contributed by atoms with van der Waals surface area (Å²) in [6.45, 7) is 1.04. The summed E-state index contributed by atoms with van der Waals surface area (Å²) < 4.78 is 0. The van der Waals surface area contributed by atoms with Crippen molar-refractivity contribution in [1.82, 2.24) is 4.98 Å². The van der Waals surface area contributed by atoms with Gasteiger partial charge in [0.2, 0.25) is 0 Å². The van der Waals surface area contributed by atoms with Crippen molar-refractivity contribution in [1.29, 1.82) is 0 Å². The third kappa shape index (κ3) is 3.37. The molecule has 0 aromatic carbocycles. The fourth-order valence-corrected chi connectivity index (χ4v) is 2.36. The van der Waals surface area contributed by atoms with E-state index in [4.69, 9.17) is 11.6 Å². The first-order valence-corrected chi connectivity index (χ1v) is 6.79. The van der Waals surface area contributed by atoms with Crippen molar-refractivity contribution in [2.24, 2.45) is 0 Å². The van der Waals surface area contributed by atoms with E-state index in [0.717, 1.165) is 23.1 Å². The van der Waals surface area contributed by atoms with Crippen LogP contribution >= 0.6 is 34.7 Å². The summed E-state index contributed by atoms with van der Waals surface area (Å²) >= 11 is 9.17. The number of anilines is 1. The second kappa shape index (κ2) is 5.73. The third-order valence-corrected chi connectivity index (χ3v) is 3.50. The third-order valence-electron chi connectivity index (χ3n) is 1.63. The van der Waals surface area contributed by atoms with Crippen LogP contribution in [0.4, 0.5) is 5.13 Å². The summed E-state index contributed by atoms with van der Waals surface area (Å²) in [5.74, 6) is 1.64. The number of rotatable bonds is 5. The van der Waals surface area contributed by atoms with Crippen LogP contribution in [0.25, 0.3) is 0 Å². The smallest absolute Gasteiger partial charge is 0.185 e. The minimum Gasteiger partial charge on any atom is -0.350 e. The van der Waals surface area contributed by atoms with Gasteiger partial charge < -0.3 is 4.90 Å². The maximum absolute atomic E-state index is 5.67. The van der Waals surface area contributed by atoms with Crippen molar-refractivity contribution in [2.45, 2.75) is 5.88 Å². The zero-order valence-corrected chi connectivity index (χ0v) is 10.2. The van der Waals surface area contributed by atoms with Gasteiger partial charge >= 0.3 is 0 Å². The number of thiazole rings is 1. The van der Waals surface area contributed by atoms with E-state index >= 15 is 0 Å². The van der Waals surface area contributed by atoms with Crippen molar-refractivity contribution in [2.75, 3.05) is 30.5 Å². The molecule has 0 spiro atoms. The van der Waals surface area contributed by atoms with Crippen LogP contribution in [-0.2, 0) is 5.88 Å². The number of halogens is 1. The van der Waals surface area contributed by atoms with E-state index in [1.807, 2.05) is 17.1 Å². The lowest BCUT2D eigenvalue weighted by Crippen LogP contribution is -2.19. The van der Waals surface area contributed by atoms with Crippen molar-refractivity contribution in [3.8, 4) is 0 Å². The Labute approximate surface area is 92.3 Å². The molecule has 13 heavy (non-hydrogen) atoms. The molecule has 5 heteroatoms. The quantitative estimate of drug-likeness (QED) is 0.732. The van der Waals surface area contributed by atoms with Gasteiger partial charge in [-0.15, -0.1) is 22.9 Å². The molecule has 0 amide bonds. The summed E-state index contributed by atoms with van der Waals surface area (Å²) in [5.41, 5.74) is 0.970. The van der Waals surface area contributed by atoms with Gasteiger partial charge in [0.1, 0.15) is 0 Å². The molecule has 0 aliphatic carbocycles. The first-order chi connectivity index (χ1) is 6.27. The standard InChI is InChI=1S/C8H13ClN2S2/c1-11(3-4-12-2)8-10-7(5-9)6-13-8/h6H,3-5H2,1-2H3. The largest absolute Gasteiger partial charge is 0.350 e. The normalized spacial score (nSPS) is 10.4. The highest BCUT2D eigenvalue weighted by Crippen LogP contribution is 2.20. The number of aromatic nitrogens is 1. The van der Waals surface area contributed by atoms with Crippen LogP contribution in [0.2, 0.25) is 0 Å². The monoisotopic (exact) mass is 236 g/mol. The Hall–Kier alpha value is 0.0700. The van der Waals surface area contributed by atoms with E-state index in [1.54, 1.807) is 11.3 Å². The van der Waals surface area contributed by atoms with E-state index in [2.05, 4.69) is 23.2 Å². The molecule has 2 nitrogen and oxygen atoms in total. The fraction of sp³-hybridized carbons (Fsp3) is 0.625. The summed E-state index contributed by atoms with van der Waals surface area (Å²) in [6.07, 6.45) is 2.11. The first kappa shape index (κ1) is 11.1. The van der Waals surface area contributed by atoms with Gasteiger partial charge in [0.15, 0.2) is 5.13 Å². The van der Waals surface area contributed by atoms with Crippen molar-refractivity contribution in [3.05, 3.63) is 11.1 Å². The second-order valence-electron chi connectivity index (χ2n) is 2.67. The van der Waals surface area contributed by atoms with Crippen molar-refractivity contribution in [3.63, 3.8) is 0 Å². The minimum absolute atomic E-state index is 0.507. The van der Waals surface area contributed by atoms with Gasteiger partial charge in [-0.2, -0.15) is 11.8 Å². The molecule has 0 aliphatic heterocycles. The van der Waals surface area contributed by atoms with Crippen LogP contribution in [0.5, 0.6) is 0 Å². The highest BCUT2D eigenvalue weighted by molar-refractivity contribution is 7.98. The Kier molecular flexibility index (Phi) is 4.91. The molecule has 74 valence electrons. The fourth-order valence-electron chi connectivity index (χ4n) is 0.857. The van der Waals surface area contributed by atoms with Gasteiger partial charge in [-0.3, -0.25) is 0 Å². The average molecular weight is 237 g/mol. The van der Waals surface area contributed by atoms with Gasteiger partial charge in [0.25, 0.3) is 0 Å². The molecule has 0 unspecified atom stereocenters. The molecule has 0 saturated heterocycles. The lowest BCUT2D eigenvalue weighted by atomic mass is 10.6. The Morgan fingerprint density at radius 3 is 3.00 bits per heavy atom. The zero-order chi connectivity index (χ0) is 9.68. The van der Waals surface area contributed by atoms with Gasteiger partial charge in [0, 0.05) is 24.7 Å². The Balaban J connectivity index is 2.50. The Morgan fingerprint density at radius 1 is 1.69 bits per heavy atom. The molecular formula is C8H13ClN2S2. The van der Waals surface area contributed by atoms with Crippen molar-refractivity contribution < 1.29 is 0 Å². The maximum Gasteiger partial charge on any atom is 0.185 e. The van der Waals surface area contributed by atoms with E-state index in [9.17, 15) is 0 Å². The number of thioether (sulfide) groups is 1. The molecule has 0 saturated carbocycles. The van der Waals surface area contributed by atoms with Crippen molar-refractivity contribution >= 4 is 39.8 Å². The van der Waals surface area contributed by atoms with Crippen LogP contribution in [0.15, 0.2) is 5.38 Å². The number of nitrogens with zero attached hydrogens (tertiary/aromatic N) is 2. The van der Waals surface area contributed by atoms with Crippen LogP contribution in [0.3, 0.4) is 0 Å². The zero-order valence-electron chi connectivity index (χ0n) is 7.79. The summed E-state index contributed by atoms with van der Waals surface area (Å²) in [5, 5.41) is 3.07. The molecule has 0 N–H and O–H groups in total. The summed E-state index contributed by atoms with van der Waals surface area (Å²) in [7, 11) is 2.06. The van der Waals surface area contributed by atoms with Crippen LogP contribution in [0.1, 0.15) is 5.69 Å². The number of alkyl halides is 1. The molecule has 1 aromatic heterocycles. The topological polar surface area (TPSA) is 16.1 Å².